The van der Waals surface area contributed by atoms with E-state index in [1.165, 1.54) is 12.1 Å². The summed E-state index contributed by atoms with van der Waals surface area (Å²) < 4.78 is 33.7. The largest absolute Gasteiger partial charge is 0.493 e. The van der Waals surface area contributed by atoms with Crippen LogP contribution in [0.1, 0.15) is 16.7 Å². The summed E-state index contributed by atoms with van der Waals surface area (Å²) in [5.74, 6) is 5.73. The SMILES string of the molecule is Cc1cc(NS(=O)(=O)c2ccccc2Cl)cc(OCCc2ccc(C=NN)cc2)c1. The zero-order valence-corrected chi connectivity index (χ0v) is 18.0. The summed E-state index contributed by atoms with van der Waals surface area (Å²) in [6.07, 6.45) is 2.28. The van der Waals surface area contributed by atoms with Crippen LogP contribution in [-0.2, 0) is 16.4 Å². The molecule has 3 N–H and O–H groups in total. The first kappa shape index (κ1) is 21.7. The van der Waals surface area contributed by atoms with E-state index in [2.05, 4.69) is 9.82 Å². The van der Waals surface area contributed by atoms with Gasteiger partial charge in [-0.3, -0.25) is 4.72 Å². The quantitative estimate of drug-likeness (QED) is 0.307. The molecule has 8 heteroatoms. The van der Waals surface area contributed by atoms with E-state index in [1.807, 2.05) is 37.3 Å². The van der Waals surface area contributed by atoms with Gasteiger partial charge in [-0.05, 0) is 47.9 Å². The van der Waals surface area contributed by atoms with E-state index in [0.29, 0.717) is 24.5 Å². The number of benzene rings is 3. The molecule has 3 aromatic carbocycles. The number of nitrogens with zero attached hydrogens (tertiary/aromatic N) is 1. The molecule has 0 bridgehead atoms. The minimum atomic E-state index is -3.81. The van der Waals surface area contributed by atoms with Crippen molar-refractivity contribution in [2.45, 2.75) is 18.2 Å². The van der Waals surface area contributed by atoms with Crippen molar-refractivity contribution in [3.8, 4) is 5.75 Å². The number of rotatable bonds is 8. The maximum Gasteiger partial charge on any atom is 0.263 e. The zero-order valence-electron chi connectivity index (χ0n) is 16.4. The van der Waals surface area contributed by atoms with E-state index < -0.39 is 10.0 Å². The van der Waals surface area contributed by atoms with Gasteiger partial charge in [-0.1, -0.05) is 48.0 Å². The second-order valence-electron chi connectivity index (χ2n) is 6.69. The molecule has 0 spiro atoms. The molecule has 0 radical (unpaired) electrons. The van der Waals surface area contributed by atoms with Gasteiger partial charge in [0.25, 0.3) is 10.0 Å². The van der Waals surface area contributed by atoms with Crippen LogP contribution in [0.2, 0.25) is 5.02 Å². The van der Waals surface area contributed by atoms with Gasteiger partial charge in [0.1, 0.15) is 10.6 Å². The number of hydrogen-bond acceptors (Lipinski definition) is 5. The molecule has 0 aliphatic carbocycles. The first-order valence-electron chi connectivity index (χ1n) is 9.21. The van der Waals surface area contributed by atoms with Gasteiger partial charge >= 0.3 is 0 Å². The second-order valence-corrected chi connectivity index (χ2v) is 8.75. The first-order valence-corrected chi connectivity index (χ1v) is 11.1. The highest BCUT2D eigenvalue weighted by atomic mass is 35.5. The van der Waals surface area contributed by atoms with Gasteiger partial charge in [0.15, 0.2) is 0 Å². The van der Waals surface area contributed by atoms with E-state index in [0.717, 1.165) is 16.7 Å². The summed E-state index contributed by atoms with van der Waals surface area (Å²) in [7, 11) is -3.81. The fraction of sp³-hybridized carbons (Fsp3) is 0.136. The second kappa shape index (κ2) is 9.65. The fourth-order valence-corrected chi connectivity index (χ4v) is 4.47. The average molecular weight is 444 g/mol. The molecule has 0 aliphatic heterocycles. The van der Waals surface area contributed by atoms with Crippen LogP contribution in [0.3, 0.4) is 0 Å². The summed E-state index contributed by atoms with van der Waals surface area (Å²) in [6.45, 7) is 2.32. The third kappa shape index (κ3) is 5.75. The Kier molecular flexibility index (Phi) is 6.97. The highest BCUT2D eigenvalue weighted by molar-refractivity contribution is 7.92. The van der Waals surface area contributed by atoms with Crippen molar-refractivity contribution in [2.75, 3.05) is 11.3 Å². The van der Waals surface area contributed by atoms with Crippen molar-refractivity contribution >= 4 is 33.5 Å². The minimum absolute atomic E-state index is 0.0266. The molecule has 0 saturated heterocycles. The van der Waals surface area contributed by atoms with Gasteiger partial charge in [-0.2, -0.15) is 5.10 Å². The van der Waals surface area contributed by atoms with Gasteiger partial charge in [-0.15, -0.1) is 0 Å². The molecule has 156 valence electrons. The number of halogens is 1. The maximum atomic E-state index is 12.7. The van der Waals surface area contributed by atoms with Crippen LogP contribution in [0.15, 0.2) is 76.7 Å². The van der Waals surface area contributed by atoms with Crippen LogP contribution < -0.4 is 15.3 Å². The number of hydrazone groups is 1. The van der Waals surface area contributed by atoms with Gasteiger partial charge in [-0.25, -0.2) is 8.42 Å². The number of ether oxygens (including phenoxy) is 1. The fourth-order valence-electron chi connectivity index (χ4n) is 2.91. The summed E-state index contributed by atoms with van der Waals surface area (Å²) in [5, 5.41) is 3.66. The lowest BCUT2D eigenvalue weighted by Crippen LogP contribution is -2.13. The number of nitrogens with one attached hydrogen (secondary N) is 1. The summed E-state index contributed by atoms with van der Waals surface area (Å²) in [6, 6.07) is 19.4. The Bertz CT molecular complexity index is 1150. The van der Waals surface area contributed by atoms with Crippen LogP contribution >= 0.6 is 11.6 Å². The van der Waals surface area contributed by atoms with Gasteiger partial charge in [0.2, 0.25) is 0 Å². The van der Waals surface area contributed by atoms with Crippen LogP contribution in [-0.4, -0.2) is 21.2 Å². The number of aryl methyl sites for hydroxylation is 1. The lowest BCUT2D eigenvalue weighted by atomic mass is 10.1. The normalized spacial score (nSPS) is 11.5. The number of nitrogens with two attached hydrogens (primary N) is 1. The standard InChI is InChI=1S/C22H22ClN3O3S/c1-16-12-19(26-30(27,28)22-5-3-2-4-21(22)23)14-20(13-16)29-11-10-17-6-8-18(9-7-17)15-25-24/h2-9,12-15,26H,10-11,24H2,1H3. The van der Waals surface area contributed by atoms with E-state index in [-0.39, 0.29) is 9.92 Å². The smallest absolute Gasteiger partial charge is 0.263 e. The monoisotopic (exact) mass is 443 g/mol. The van der Waals surface area contributed by atoms with Gasteiger partial charge < -0.3 is 10.6 Å². The van der Waals surface area contributed by atoms with Crippen LogP contribution in [0.25, 0.3) is 0 Å². The molecule has 3 aromatic rings. The molecular formula is C22H22ClN3O3S. The summed E-state index contributed by atoms with van der Waals surface area (Å²) in [4.78, 5) is 0.0266. The van der Waals surface area contributed by atoms with Crippen LogP contribution in [0.4, 0.5) is 5.69 Å². The Hall–Kier alpha value is -3.03. The van der Waals surface area contributed by atoms with Gasteiger partial charge in [0.05, 0.1) is 23.5 Å². The number of sulfonamides is 1. The summed E-state index contributed by atoms with van der Waals surface area (Å²) in [5.41, 5.74) is 3.32. The number of anilines is 1. The lowest BCUT2D eigenvalue weighted by Gasteiger charge is -2.13. The Morgan fingerprint density at radius 2 is 1.83 bits per heavy atom. The predicted octanol–water partition coefficient (Wildman–Crippen LogP) is 4.36. The minimum Gasteiger partial charge on any atom is -0.493 e. The highest BCUT2D eigenvalue weighted by Gasteiger charge is 2.18. The van der Waals surface area contributed by atoms with Gasteiger partial charge in [0, 0.05) is 12.5 Å². The van der Waals surface area contributed by atoms with E-state index >= 15 is 0 Å². The van der Waals surface area contributed by atoms with Crippen molar-refractivity contribution < 1.29 is 13.2 Å². The van der Waals surface area contributed by atoms with Crippen LogP contribution in [0.5, 0.6) is 5.75 Å². The Morgan fingerprint density at radius 3 is 2.53 bits per heavy atom. The molecular weight excluding hydrogens is 422 g/mol. The highest BCUT2D eigenvalue weighted by Crippen LogP contribution is 2.26. The molecule has 0 aliphatic rings. The zero-order chi connectivity index (χ0) is 21.6. The number of hydrogen-bond donors (Lipinski definition) is 2. The molecule has 0 fully saturated rings. The van der Waals surface area contributed by atoms with Crippen molar-refractivity contribution in [3.05, 3.63) is 88.4 Å². The van der Waals surface area contributed by atoms with Crippen molar-refractivity contribution in [1.82, 2.24) is 0 Å². The van der Waals surface area contributed by atoms with Crippen LogP contribution in [0, 0.1) is 6.92 Å². The molecule has 0 atom stereocenters. The molecule has 0 amide bonds. The lowest BCUT2D eigenvalue weighted by molar-refractivity contribution is 0.322. The third-order valence-electron chi connectivity index (χ3n) is 4.29. The first-order chi connectivity index (χ1) is 14.4. The molecule has 0 aromatic heterocycles. The third-order valence-corrected chi connectivity index (χ3v) is 6.17. The summed E-state index contributed by atoms with van der Waals surface area (Å²) >= 11 is 6.03. The Labute approximate surface area is 181 Å². The van der Waals surface area contributed by atoms with Crippen molar-refractivity contribution in [2.24, 2.45) is 10.9 Å². The predicted molar refractivity (Wildman–Crippen MR) is 121 cm³/mol. The van der Waals surface area contributed by atoms with E-state index in [4.69, 9.17) is 22.2 Å². The molecule has 0 unspecified atom stereocenters. The average Bonchev–Trinajstić information content (AvgIpc) is 2.69. The molecule has 0 heterocycles. The Balaban J connectivity index is 1.67. The van der Waals surface area contributed by atoms with Crippen molar-refractivity contribution in [3.63, 3.8) is 0 Å². The molecule has 3 rings (SSSR count). The molecule has 6 nitrogen and oxygen atoms in total. The topological polar surface area (TPSA) is 93.8 Å². The van der Waals surface area contributed by atoms with Crippen molar-refractivity contribution in [1.29, 1.82) is 0 Å². The van der Waals surface area contributed by atoms with E-state index in [9.17, 15) is 8.42 Å². The van der Waals surface area contributed by atoms with E-state index in [1.54, 1.807) is 30.5 Å². The maximum absolute atomic E-state index is 12.7. The molecule has 30 heavy (non-hydrogen) atoms. The Morgan fingerprint density at radius 1 is 1.10 bits per heavy atom. The molecule has 0 saturated carbocycles.